The summed E-state index contributed by atoms with van der Waals surface area (Å²) < 4.78 is 1.07. The molecule has 12 heavy (non-hydrogen) atoms. The van der Waals surface area contributed by atoms with E-state index in [0.29, 0.717) is 23.0 Å². The molecule has 2 rings (SSSR count). The Hall–Kier alpha value is -1.42. The van der Waals surface area contributed by atoms with Crippen LogP contribution in [-0.2, 0) is 0 Å². The number of pyridine rings is 1. The molecule has 2 aromatic heterocycles. The maximum Gasteiger partial charge on any atom is 0.176 e. The number of carbonyl (C=O) groups excluding carboxylic acids is 1. The van der Waals surface area contributed by atoms with Gasteiger partial charge in [0.2, 0.25) is 0 Å². The van der Waals surface area contributed by atoms with Gasteiger partial charge in [0.05, 0.1) is 5.39 Å². The van der Waals surface area contributed by atoms with Crippen molar-refractivity contribution in [1.82, 2.24) is 14.3 Å². The van der Waals surface area contributed by atoms with Crippen LogP contribution in [0.2, 0.25) is 0 Å². The summed E-state index contributed by atoms with van der Waals surface area (Å²) in [6.45, 7) is 0. The number of hydrogen-bond donors (Lipinski definition) is 0. The maximum absolute atomic E-state index is 10.5. The lowest BCUT2D eigenvalue weighted by atomic mass is 10.3. The number of rotatable bonds is 1. The number of hydrogen-bond acceptors (Lipinski definition) is 3. The first-order valence-electron chi connectivity index (χ1n) is 3.28. The summed E-state index contributed by atoms with van der Waals surface area (Å²) in [4.78, 5) is 14.4. The number of carbonyl (C=O) groups is 1. The minimum atomic E-state index is 0.313. The fraction of sp³-hybridized carbons (Fsp3) is 0. The van der Waals surface area contributed by atoms with E-state index in [0.717, 1.165) is 4.20 Å². The fourth-order valence-electron chi connectivity index (χ4n) is 1.03. The molecule has 0 radical (unpaired) electrons. The van der Waals surface area contributed by atoms with E-state index in [9.17, 15) is 4.79 Å². The third-order valence-corrected chi connectivity index (χ3v) is 1.78. The summed E-state index contributed by atoms with van der Waals surface area (Å²) in [5, 5.41) is 4.43. The van der Waals surface area contributed by atoms with Crippen molar-refractivity contribution in [3.63, 3.8) is 0 Å². The Balaban J connectivity index is 2.91. The molecule has 0 atom stereocenters. The van der Waals surface area contributed by atoms with E-state index >= 15 is 0 Å². The summed E-state index contributed by atoms with van der Waals surface area (Å²) >= 11 is 5.64. The normalized spacial score (nSPS) is 10.4. The van der Waals surface area contributed by atoms with Crippen LogP contribution in [-0.4, -0.2) is 20.6 Å². The van der Waals surface area contributed by atoms with E-state index in [1.54, 1.807) is 18.3 Å². The topological polar surface area (TPSA) is 47.8 Å². The highest BCUT2D eigenvalue weighted by atomic mass is 35.5. The van der Waals surface area contributed by atoms with Crippen molar-refractivity contribution in [2.45, 2.75) is 0 Å². The molecular weight excluding hydrogens is 178 g/mol. The van der Waals surface area contributed by atoms with Gasteiger partial charge < -0.3 is 0 Å². The fourth-order valence-corrected chi connectivity index (χ4v) is 1.24. The Morgan fingerprint density at radius 1 is 1.58 bits per heavy atom. The van der Waals surface area contributed by atoms with Crippen molar-refractivity contribution in [2.75, 3.05) is 0 Å². The molecule has 2 aromatic rings. The Labute approximate surface area is 72.9 Å². The van der Waals surface area contributed by atoms with Gasteiger partial charge >= 0.3 is 0 Å². The van der Waals surface area contributed by atoms with Crippen LogP contribution in [0.25, 0.3) is 11.0 Å². The molecule has 0 N–H and O–H groups in total. The van der Waals surface area contributed by atoms with Crippen LogP contribution in [0.3, 0.4) is 0 Å². The molecule has 0 saturated heterocycles. The van der Waals surface area contributed by atoms with E-state index in [4.69, 9.17) is 11.8 Å². The van der Waals surface area contributed by atoms with Crippen LogP contribution in [0.1, 0.15) is 10.5 Å². The highest BCUT2D eigenvalue weighted by Crippen LogP contribution is 2.14. The SMILES string of the molecule is O=Cc1nn(Cl)c2ncccc12. The molecule has 0 aliphatic carbocycles. The van der Waals surface area contributed by atoms with Gasteiger partial charge in [-0.1, -0.05) is 0 Å². The predicted molar refractivity (Wildman–Crippen MR) is 44.2 cm³/mol. The first-order chi connectivity index (χ1) is 5.83. The van der Waals surface area contributed by atoms with Crippen molar-refractivity contribution < 1.29 is 4.79 Å². The molecular formula is C7H4ClN3O. The first-order valence-corrected chi connectivity index (χ1v) is 3.62. The van der Waals surface area contributed by atoms with Gasteiger partial charge in [-0.15, -0.1) is 0 Å². The highest BCUT2D eigenvalue weighted by molar-refractivity contribution is 6.18. The molecule has 4 nitrogen and oxygen atoms in total. The molecule has 0 unspecified atom stereocenters. The average Bonchev–Trinajstić information content (AvgIpc) is 2.44. The number of nitrogens with zero attached hydrogens (tertiary/aromatic N) is 3. The van der Waals surface area contributed by atoms with E-state index in [2.05, 4.69) is 10.1 Å². The number of aldehydes is 1. The van der Waals surface area contributed by atoms with Crippen LogP contribution in [0.15, 0.2) is 18.3 Å². The molecule has 2 heterocycles. The van der Waals surface area contributed by atoms with Crippen molar-refractivity contribution in [2.24, 2.45) is 0 Å². The molecule has 0 bridgehead atoms. The molecule has 0 amide bonds. The average molecular weight is 182 g/mol. The smallest absolute Gasteiger partial charge is 0.176 e. The van der Waals surface area contributed by atoms with Crippen LogP contribution in [0, 0.1) is 0 Å². The second-order valence-electron chi connectivity index (χ2n) is 2.24. The highest BCUT2D eigenvalue weighted by Gasteiger charge is 2.07. The summed E-state index contributed by atoms with van der Waals surface area (Å²) in [7, 11) is 0. The Morgan fingerprint density at radius 3 is 3.17 bits per heavy atom. The molecule has 0 aliphatic heterocycles. The third kappa shape index (κ3) is 0.887. The van der Waals surface area contributed by atoms with E-state index in [-0.39, 0.29) is 0 Å². The first kappa shape index (κ1) is 7.24. The quantitative estimate of drug-likeness (QED) is 0.622. The summed E-state index contributed by atoms with van der Waals surface area (Å²) in [5.74, 6) is 0. The van der Waals surface area contributed by atoms with Gasteiger partial charge in [0.25, 0.3) is 0 Å². The number of aromatic nitrogens is 3. The zero-order valence-corrected chi connectivity index (χ0v) is 6.69. The molecule has 0 aromatic carbocycles. The largest absolute Gasteiger partial charge is 0.296 e. The Morgan fingerprint density at radius 2 is 2.42 bits per heavy atom. The lowest BCUT2D eigenvalue weighted by molar-refractivity contribution is 0.112. The lowest BCUT2D eigenvalue weighted by Gasteiger charge is -1.86. The second-order valence-corrected chi connectivity index (χ2v) is 2.56. The Bertz CT molecular complexity index is 437. The zero-order chi connectivity index (χ0) is 8.55. The monoisotopic (exact) mass is 181 g/mol. The second kappa shape index (κ2) is 2.57. The predicted octanol–water partition coefficient (Wildman–Crippen LogP) is 1.25. The van der Waals surface area contributed by atoms with Crippen molar-refractivity contribution in [3.05, 3.63) is 24.0 Å². The minimum Gasteiger partial charge on any atom is -0.296 e. The number of halogens is 1. The van der Waals surface area contributed by atoms with E-state index in [1.807, 2.05) is 0 Å². The summed E-state index contributed by atoms with van der Waals surface area (Å²) in [6.07, 6.45) is 2.25. The maximum atomic E-state index is 10.5. The zero-order valence-electron chi connectivity index (χ0n) is 5.94. The third-order valence-electron chi connectivity index (χ3n) is 1.54. The van der Waals surface area contributed by atoms with Gasteiger partial charge in [-0.2, -0.15) is 9.30 Å². The van der Waals surface area contributed by atoms with Gasteiger partial charge in [-0.05, 0) is 12.1 Å². The molecule has 0 saturated carbocycles. The lowest BCUT2D eigenvalue weighted by Crippen LogP contribution is -1.84. The molecule has 60 valence electrons. The standard InChI is InChI=1S/C7H4ClN3O/c8-11-7-5(2-1-3-9-7)6(4-12)10-11/h1-4H. The van der Waals surface area contributed by atoms with Gasteiger partial charge in [0.1, 0.15) is 5.69 Å². The van der Waals surface area contributed by atoms with Crippen molar-refractivity contribution >= 4 is 29.1 Å². The molecule has 0 spiro atoms. The van der Waals surface area contributed by atoms with E-state index in [1.165, 1.54) is 0 Å². The van der Waals surface area contributed by atoms with Crippen molar-refractivity contribution in [3.8, 4) is 0 Å². The van der Waals surface area contributed by atoms with Gasteiger partial charge in [0, 0.05) is 18.0 Å². The minimum absolute atomic E-state index is 0.313. The molecule has 0 aliphatic rings. The van der Waals surface area contributed by atoms with Gasteiger partial charge in [-0.3, -0.25) is 4.79 Å². The van der Waals surface area contributed by atoms with Crippen molar-refractivity contribution in [1.29, 1.82) is 0 Å². The molecule has 5 heteroatoms. The Kier molecular flexibility index (Phi) is 1.55. The van der Waals surface area contributed by atoms with Crippen LogP contribution >= 0.6 is 11.8 Å². The number of fused-ring (bicyclic) bond motifs is 1. The van der Waals surface area contributed by atoms with Crippen LogP contribution < -0.4 is 0 Å². The van der Waals surface area contributed by atoms with Crippen LogP contribution in [0.5, 0.6) is 0 Å². The summed E-state index contributed by atoms with van der Waals surface area (Å²) in [6, 6.07) is 3.48. The van der Waals surface area contributed by atoms with Gasteiger partial charge in [-0.25, -0.2) is 4.98 Å². The summed E-state index contributed by atoms with van der Waals surface area (Å²) in [5.41, 5.74) is 0.814. The van der Waals surface area contributed by atoms with E-state index < -0.39 is 0 Å². The van der Waals surface area contributed by atoms with Crippen LogP contribution in [0.4, 0.5) is 0 Å². The van der Waals surface area contributed by atoms with Gasteiger partial charge in [0.15, 0.2) is 11.9 Å². The molecule has 0 fully saturated rings.